The third-order valence-corrected chi connectivity index (χ3v) is 6.18. The number of ketones is 1. The number of amides is 1. The summed E-state index contributed by atoms with van der Waals surface area (Å²) in [5.74, 6) is 0.751. The number of nitrogens with one attached hydrogen (secondary N) is 1. The highest BCUT2D eigenvalue weighted by molar-refractivity contribution is 6.00. The van der Waals surface area contributed by atoms with E-state index in [2.05, 4.69) is 11.4 Å². The van der Waals surface area contributed by atoms with Crippen molar-refractivity contribution in [2.45, 2.75) is 63.6 Å². The molecule has 1 saturated carbocycles. The number of carbonyl (C=O) groups excluding carboxylic acids is 2. The predicted octanol–water partition coefficient (Wildman–Crippen LogP) is 4.82. The molecular formula is C24H25NO4. The van der Waals surface area contributed by atoms with Crippen LogP contribution in [0.25, 0.3) is 0 Å². The Bertz CT molecular complexity index is 975. The van der Waals surface area contributed by atoms with Gasteiger partial charge in [-0.1, -0.05) is 12.1 Å². The van der Waals surface area contributed by atoms with Gasteiger partial charge in [-0.25, -0.2) is 0 Å². The average molecular weight is 391 g/mol. The van der Waals surface area contributed by atoms with Crippen LogP contribution >= 0.6 is 0 Å². The molecule has 1 spiro atoms. The van der Waals surface area contributed by atoms with Crippen molar-refractivity contribution in [2.75, 3.05) is 5.32 Å². The minimum Gasteiger partial charge on any atom is -0.448 e. The van der Waals surface area contributed by atoms with Gasteiger partial charge >= 0.3 is 0 Å². The summed E-state index contributed by atoms with van der Waals surface area (Å²) >= 11 is 0. The molecule has 2 aliphatic carbocycles. The lowest BCUT2D eigenvalue weighted by Crippen LogP contribution is -2.34. The van der Waals surface area contributed by atoms with Gasteiger partial charge in [0.25, 0.3) is 5.79 Å². The highest BCUT2D eigenvalue weighted by Crippen LogP contribution is 2.47. The maximum atomic E-state index is 12.5. The van der Waals surface area contributed by atoms with Gasteiger partial charge < -0.3 is 14.8 Å². The number of hydrogen-bond acceptors (Lipinski definition) is 4. The fourth-order valence-corrected chi connectivity index (χ4v) is 4.63. The molecule has 5 heteroatoms. The second-order valence-corrected chi connectivity index (χ2v) is 8.29. The van der Waals surface area contributed by atoms with E-state index in [0.717, 1.165) is 50.7 Å². The average Bonchev–Trinajstić information content (AvgIpc) is 3.45. The molecule has 0 atom stereocenters. The summed E-state index contributed by atoms with van der Waals surface area (Å²) in [7, 11) is 0. The summed E-state index contributed by atoms with van der Waals surface area (Å²) in [6, 6.07) is 11.4. The fraction of sp³-hybridized carbons (Fsp3) is 0.417. The molecule has 150 valence electrons. The Morgan fingerprint density at radius 2 is 1.66 bits per heavy atom. The molecule has 5 rings (SSSR count). The zero-order valence-corrected chi connectivity index (χ0v) is 16.5. The van der Waals surface area contributed by atoms with E-state index < -0.39 is 5.79 Å². The van der Waals surface area contributed by atoms with Gasteiger partial charge in [0.15, 0.2) is 17.3 Å². The number of anilines is 1. The van der Waals surface area contributed by atoms with E-state index in [9.17, 15) is 9.59 Å². The van der Waals surface area contributed by atoms with E-state index in [-0.39, 0.29) is 24.5 Å². The summed E-state index contributed by atoms with van der Waals surface area (Å²) in [5.41, 5.74) is 4.00. The molecule has 5 nitrogen and oxygen atoms in total. The normalized spacial score (nSPS) is 18.1. The van der Waals surface area contributed by atoms with Crippen LogP contribution in [0.4, 0.5) is 5.69 Å². The maximum absolute atomic E-state index is 12.5. The molecule has 2 aromatic carbocycles. The fourth-order valence-electron chi connectivity index (χ4n) is 4.63. The molecule has 1 aliphatic heterocycles. The number of rotatable bonds is 5. The van der Waals surface area contributed by atoms with E-state index in [0.29, 0.717) is 17.0 Å². The van der Waals surface area contributed by atoms with E-state index in [1.165, 1.54) is 11.1 Å². The Morgan fingerprint density at radius 3 is 2.52 bits per heavy atom. The van der Waals surface area contributed by atoms with Crippen LogP contribution in [0.5, 0.6) is 11.5 Å². The number of ether oxygens (including phenoxy) is 2. The molecule has 1 amide bonds. The van der Waals surface area contributed by atoms with Crippen LogP contribution in [-0.2, 0) is 17.6 Å². The van der Waals surface area contributed by atoms with Gasteiger partial charge in [0, 0.05) is 43.0 Å². The van der Waals surface area contributed by atoms with Gasteiger partial charge in [-0.05, 0) is 61.4 Å². The second-order valence-electron chi connectivity index (χ2n) is 8.29. The van der Waals surface area contributed by atoms with Gasteiger partial charge in [-0.2, -0.15) is 0 Å². The van der Waals surface area contributed by atoms with Crippen molar-refractivity contribution in [1.82, 2.24) is 0 Å². The lowest BCUT2D eigenvalue weighted by molar-refractivity contribution is -0.116. The first-order chi connectivity index (χ1) is 14.1. The first-order valence-corrected chi connectivity index (χ1v) is 10.6. The zero-order chi connectivity index (χ0) is 19.8. The van der Waals surface area contributed by atoms with Crippen LogP contribution in [0.2, 0.25) is 0 Å². The molecule has 0 unspecified atom stereocenters. The number of hydrogen-bond donors (Lipinski definition) is 1. The number of carbonyl (C=O) groups is 2. The first kappa shape index (κ1) is 18.2. The predicted molar refractivity (Wildman–Crippen MR) is 110 cm³/mol. The highest BCUT2D eigenvalue weighted by Gasteiger charge is 2.44. The highest BCUT2D eigenvalue weighted by atomic mass is 16.7. The molecule has 1 N–H and O–H groups in total. The van der Waals surface area contributed by atoms with Crippen LogP contribution in [0.3, 0.4) is 0 Å². The lowest BCUT2D eigenvalue weighted by atomic mass is 10.0. The van der Waals surface area contributed by atoms with Crippen molar-refractivity contribution < 1.29 is 19.1 Å². The van der Waals surface area contributed by atoms with E-state index in [1.807, 2.05) is 30.3 Å². The van der Waals surface area contributed by atoms with Crippen LogP contribution in [0.15, 0.2) is 36.4 Å². The molecule has 0 bridgehead atoms. The van der Waals surface area contributed by atoms with Crippen LogP contribution in [-0.4, -0.2) is 17.5 Å². The Balaban J connectivity index is 1.17. The van der Waals surface area contributed by atoms with Crippen molar-refractivity contribution in [3.63, 3.8) is 0 Å². The molecule has 1 fully saturated rings. The zero-order valence-electron chi connectivity index (χ0n) is 16.5. The second kappa shape index (κ2) is 7.21. The molecule has 29 heavy (non-hydrogen) atoms. The van der Waals surface area contributed by atoms with Gasteiger partial charge in [0.1, 0.15) is 0 Å². The van der Waals surface area contributed by atoms with Crippen molar-refractivity contribution >= 4 is 17.4 Å². The van der Waals surface area contributed by atoms with Crippen molar-refractivity contribution in [2.24, 2.45) is 0 Å². The molecule has 1 heterocycles. The molecule has 3 aliphatic rings. The third kappa shape index (κ3) is 3.61. The van der Waals surface area contributed by atoms with Crippen molar-refractivity contribution in [1.29, 1.82) is 0 Å². The molecule has 2 aromatic rings. The van der Waals surface area contributed by atoms with E-state index >= 15 is 0 Å². The van der Waals surface area contributed by atoms with Crippen molar-refractivity contribution in [3.8, 4) is 11.5 Å². The molecule has 0 saturated heterocycles. The molecule has 0 radical (unpaired) electrons. The summed E-state index contributed by atoms with van der Waals surface area (Å²) in [6.45, 7) is 0. The van der Waals surface area contributed by atoms with E-state index in [4.69, 9.17) is 9.47 Å². The standard InChI is InChI=1S/C24H25NO4/c26-20(18-7-6-16-4-3-5-17(16)14-18)9-11-23(27)25-19-8-10-21-22(15-19)29-24(28-21)12-1-2-13-24/h6-8,10,14-15H,1-5,9,11-13H2,(H,25,27). The SMILES string of the molecule is O=C(CCC(=O)c1ccc2c(c1)CCC2)Nc1ccc2c(c1)OC1(CCCC1)O2. The lowest BCUT2D eigenvalue weighted by Gasteiger charge is -2.21. The third-order valence-electron chi connectivity index (χ3n) is 6.18. The Labute approximate surface area is 170 Å². The summed E-state index contributed by atoms with van der Waals surface area (Å²) in [5, 5.41) is 2.87. The molecular weight excluding hydrogens is 366 g/mol. The monoisotopic (exact) mass is 391 g/mol. The van der Waals surface area contributed by atoms with Gasteiger partial charge in [-0.15, -0.1) is 0 Å². The summed E-state index contributed by atoms with van der Waals surface area (Å²) in [6.07, 6.45) is 7.68. The smallest absolute Gasteiger partial charge is 0.251 e. The summed E-state index contributed by atoms with van der Waals surface area (Å²) in [4.78, 5) is 24.8. The van der Waals surface area contributed by atoms with Gasteiger partial charge in [0.05, 0.1) is 0 Å². The number of benzene rings is 2. The van der Waals surface area contributed by atoms with Crippen LogP contribution in [0.1, 0.15) is 66.4 Å². The van der Waals surface area contributed by atoms with Crippen molar-refractivity contribution in [3.05, 3.63) is 53.1 Å². The molecule has 0 aromatic heterocycles. The Hall–Kier alpha value is -2.82. The minimum atomic E-state index is -0.507. The quantitative estimate of drug-likeness (QED) is 0.743. The first-order valence-electron chi connectivity index (χ1n) is 10.6. The minimum absolute atomic E-state index is 0.0173. The van der Waals surface area contributed by atoms with Crippen LogP contribution in [0, 0.1) is 0 Å². The number of Topliss-reactive ketones (excluding diaryl/α,β-unsaturated/α-hetero) is 1. The Morgan fingerprint density at radius 1 is 0.862 bits per heavy atom. The van der Waals surface area contributed by atoms with Gasteiger partial charge in [0.2, 0.25) is 5.91 Å². The van der Waals surface area contributed by atoms with Gasteiger partial charge in [-0.3, -0.25) is 9.59 Å². The maximum Gasteiger partial charge on any atom is 0.251 e. The number of fused-ring (bicyclic) bond motifs is 2. The summed E-state index contributed by atoms with van der Waals surface area (Å²) < 4.78 is 12.0. The Kier molecular flexibility index (Phi) is 4.53. The van der Waals surface area contributed by atoms with E-state index in [1.54, 1.807) is 0 Å². The topological polar surface area (TPSA) is 64.6 Å². The number of aryl methyl sites for hydroxylation is 2. The van der Waals surface area contributed by atoms with Crippen LogP contribution < -0.4 is 14.8 Å². The largest absolute Gasteiger partial charge is 0.448 e.